The predicted octanol–water partition coefficient (Wildman–Crippen LogP) is -0.726. The van der Waals surface area contributed by atoms with Crippen LogP contribution in [0.3, 0.4) is 0 Å². The van der Waals surface area contributed by atoms with Gasteiger partial charge >= 0.3 is 65.2 Å². The van der Waals surface area contributed by atoms with Gasteiger partial charge in [-0.05, 0) is 0 Å². The zero-order valence-corrected chi connectivity index (χ0v) is 7.55. The molecular formula is C6H4Se2-2. The molecule has 8 heavy (non-hydrogen) atoms. The van der Waals surface area contributed by atoms with Crippen molar-refractivity contribution in [2.45, 2.75) is 0 Å². The quantitative estimate of drug-likeness (QED) is 0.519. The second kappa shape index (κ2) is 2.70. The van der Waals surface area contributed by atoms with Gasteiger partial charge in [0.1, 0.15) is 0 Å². The Kier molecular flexibility index (Phi) is 2.15. The van der Waals surface area contributed by atoms with Crippen LogP contribution >= 0.6 is 0 Å². The first-order valence-corrected chi connectivity index (χ1v) is 3.95. The van der Waals surface area contributed by atoms with E-state index in [-0.39, 0.29) is 0 Å². The first-order chi connectivity index (χ1) is 3.80. The van der Waals surface area contributed by atoms with Crippen LogP contribution in [0.25, 0.3) is 0 Å². The van der Waals surface area contributed by atoms with E-state index in [2.05, 4.69) is 32.0 Å². The molecule has 0 radical (unpaired) electrons. The van der Waals surface area contributed by atoms with Gasteiger partial charge in [-0.2, -0.15) is 0 Å². The average molecular weight is 234 g/mol. The summed E-state index contributed by atoms with van der Waals surface area (Å²) in [5, 5.41) is 0. The minimum atomic E-state index is 1.19. The molecule has 0 saturated carbocycles. The number of hydrogen-bond donors (Lipinski definition) is 0. The fourth-order valence-electron chi connectivity index (χ4n) is 0.450. The van der Waals surface area contributed by atoms with Crippen molar-refractivity contribution in [3.63, 3.8) is 0 Å². The van der Waals surface area contributed by atoms with Gasteiger partial charge in [-0.1, -0.05) is 0 Å². The standard InChI is InChI=1S/C6H6Se2/c7-5-3-1-2-4-6(5)8/h1-4,7-8H/p-2. The molecule has 0 aromatic heterocycles. The van der Waals surface area contributed by atoms with Gasteiger partial charge in [0, 0.05) is 0 Å². The van der Waals surface area contributed by atoms with E-state index in [1.165, 1.54) is 8.92 Å². The summed E-state index contributed by atoms with van der Waals surface area (Å²) in [6.07, 6.45) is 0. The van der Waals surface area contributed by atoms with Gasteiger partial charge in [0.05, 0.1) is 0 Å². The Labute approximate surface area is 65.3 Å². The SMILES string of the molecule is [Se-]c1ccccc1[Se-]. The van der Waals surface area contributed by atoms with Crippen molar-refractivity contribution >= 4 is 40.9 Å². The van der Waals surface area contributed by atoms with Crippen molar-refractivity contribution in [2.75, 3.05) is 0 Å². The van der Waals surface area contributed by atoms with E-state index in [1.807, 2.05) is 24.3 Å². The molecule has 0 heterocycles. The van der Waals surface area contributed by atoms with E-state index in [0.29, 0.717) is 0 Å². The van der Waals surface area contributed by atoms with E-state index in [1.54, 1.807) is 0 Å². The Balaban J connectivity index is 3.13. The predicted molar refractivity (Wildman–Crippen MR) is 37.2 cm³/mol. The summed E-state index contributed by atoms with van der Waals surface area (Å²) in [5.74, 6) is 0. The minimum absolute atomic E-state index is 1.19. The molecule has 0 saturated heterocycles. The van der Waals surface area contributed by atoms with Crippen molar-refractivity contribution in [3.8, 4) is 0 Å². The Bertz CT molecular complexity index is 163. The fraction of sp³-hybridized carbons (Fsp3) is 0. The summed E-state index contributed by atoms with van der Waals surface area (Å²) in [6, 6.07) is 8.08. The van der Waals surface area contributed by atoms with Gasteiger partial charge in [0.25, 0.3) is 0 Å². The Morgan fingerprint density at radius 3 is 1.50 bits per heavy atom. The Hall–Kier alpha value is 0.259. The maximum atomic E-state index is 2.94. The number of rotatable bonds is 0. The average Bonchev–Trinajstić information content (AvgIpc) is 1.77. The summed E-state index contributed by atoms with van der Waals surface area (Å²) in [5.41, 5.74) is 0. The summed E-state index contributed by atoms with van der Waals surface area (Å²) in [6.45, 7) is 0. The van der Waals surface area contributed by atoms with E-state index < -0.39 is 0 Å². The molecule has 1 aromatic carbocycles. The van der Waals surface area contributed by atoms with Crippen molar-refractivity contribution in [2.24, 2.45) is 0 Å². The molecule has 0 spiro atoms. The maximum absolute atomic E-state index is 2.94. The normalized spacial score (nSPS) is 9.00. The second-order valence-corrected chi connectivity index (χ2v) is 3.29. The van der Waals surface area contributed by atoms with E-state index in [0.717, 1.165) is 0 Å². The molecule has 42 valence electrons. The molecule has 1 aromatic rings. The molecular weight excluding hydrogens is 230 g/mol. The molecule has 0 aliphatic carbocycles. The molecule has 0 nitrogen and oxygen atoms in total. The Morgan fingerprint density at radius 2 is 1.25 bits per heavy atom. The summed E-state index contributed by atoms with van der Waals surface area (Å²) in [7, 11) is 0. The molecule has 0 unspecified atom stereocenters. The summed E-state index contributed by atoms with van der Waals surface area (Å²) in [4.78, 5) is 0. The third-order valence-corrected chi connectivity index (χ3v) is 3.00. The van der Waals surface area contributed by atoms with Crippen LogP contribution in [-0.4, -0.2) is 32.0 Å². The van der Waals surface area contributed by atoms with Crippen LogP contribution in [0.5, 0.6) is 0 Å². The van der Waals surface area contributed by atoms with Gasteiger partial charge < -0.3 is 0 Å². The molecule has 2 heteroatoms. The molecule has 1 rings (SSSR count). The van der Waals surface area contributed by atoms with E-state index in [9.17, 15) is 0 Å². The molecule has 0 atom stereocenters. The van der Waals surface area contributed by atoms with Crippen molar-refractivity contribution in [3.05, 3.63) is 24.3 Å². The molecule has 0 amide bonds. The third kappa shape index (κ3) is 1.37. The zero-order chi connectivity index (χ0) is 5.98. The van der Waals surface area contributed by atoms with Gasteiger partial charge in [0.15, 0.2) is 0 Å². The summed E-state index contributed by atoms with van der Waals surface area (Å²) < 4.78 is 2.38. The molecule has 0 fully saturated rings. The monoisotopic (exact) mass is 236 g/mol. The van der Waals surface area contributed by atoms with Crippen molar-refractivity contribution < 1.29 is 0 Å². The Morgan fingerprint density at radius 1 is 0.875 bits per heavy atom. The number of benzene rings is 1. The van der Waals surface area contributed by atoms with Crippen molar-refractivity contribution in [1.29, 1.82) is 0 Å². The molecule has 0 aliphatic heterocycles. The third-order valence-electron chi connectivity index (χ3n) is 0.849. The fourth-order valence-corrected chi connectivity index (χ4v) is 1.07. The molecule has 0 aliphatic rings. The zero-order valence-electron chi connectivity index (χ0n) is 4.13. The van der Waals surface area contributed by atoms with Gasteiger partial charge in [-0.25, -0.2) is 0 Å². The first kappa shape index (κ1) is 6.38. The van der Waals surface area contributed by atoms with Crippen LogP contribution in [0.1, 0.15) is 0 Å². The van der Waals surface area contributed by atoms with E-state index in [4.69, 9.17) is 0 Å². The van der Waals surface area contributed by atoms with Crippen LogP contribution in [-0.2, 0) is 0 Å². The van der Waals surface area contributed by atoms with E-state index >= 15 is 0 Å². The number of hydrogen-bond acceptors (Lipinski definition) is 0. The molecule has 0 N–H and O–H groups in total. The van der Waals surface area contributed by atoms with Crippen LogP contribution in [0.2, 0.25) is 0 Å². The van der Waals surface area contributed by atoms with Crippen LogP contribution in [0.4, 0.5) is 0 Å². The topological polar surface area (TPSA) is 0 Å². The molecule has 0 bridgehead atoms. The second-order valence-electron chi connectivity index (χ2n) is 1.45. The van der Waals surface area contributed by atoms with Gasteiger partial charge in [-0.15, -0.1) is 0 Å². The summed E-state index contributed by atoms with van der Waals surface area (Å²) >= 11 is 5.88. The van der Waals surface area contributed by atoms with Crippen molar-refractivity contribution in [1.82, 2.24) is 0 Å². The van der Waals surface area contributed by atoms with Gasteiger partial charge in [-0.3, -0.25) is 0 Å². The van der Waals surface area contributed by atoms with Crippen LogP contribution < -0.4 is 8.92 Å². The first-order valence-electron chi connectivity index (χ1n) is 2.24. The van der Waals surface area contributed by atoms with Crippen LogP contribution in [0, 0.1) is 0 Å². The van der Waals surface area contributed by atoms with Crippen LogP contribution in [0.15, 0.2) is 24.3 Å². The van der Waals surface area contributed by atoms with Gasteiger partial charge in [0.2, 0.25) is 0 Å².